The Hall–Kier alpha value is -1.69. The minimum Gasteiger partial charge on any atom is -0.477 e. The fraction of sp³-hybridized carbons (Fsp3) is 0.444. The summed E-state index contributed by atoms with van der Waals surface area (Å²) in [5.74, 6) is 0.967. The van der Waals surface area contributed by atoms with Crippen molar-refractivity contribution in [2.45, 2.75) is 0 Å². The van der Waals surface area contributed by atoms with E-state index in [1.165, 1.54) is 18.3 Å². The molecule has 0 amide bonds. The average Bonchev–Trinajstić information content (AvgIpc) is 2.16. The van der Waals surface area contributed by atoms with Crippen molar-refractivity contribution in [1.82, 2.24) is 10.3 Å². The smallest absolute Gasteiger partial charge is 0.287 e. The highest BCUT2D eigenvalue weighted by Crippen LogP contribution is 2.14. The lowest BCUT2D eigenvalue weighted by molar-refractivity contribution is -0.385. The summed E-state index contributed by atoms with van der Waals surface area (Å²) >= 11 is 0. The second-order valence-electron chi connectivity index (χ2n) is 3.45. The summed E-state index contributed by atoms with van der Waals surface area (Å²) in [4.78, 5) is 13.7. The fourth-order valence-electron chi connectivity index (χ4n) is 1.24. The fourth-order valence-corrected chi connectivity index (χ4v) is 1.24. The van der Waals surface area contributed by atoms with Gasteiger partial charge in [0.1, 0.15) is 6.20 Å². The van der Waals surface area contributed by atoms with E-state index in [9.17, 15) is 10.1 Å². The molecule has 0 unspecified atom stereocenters. The van der Waals surface area contributed by atoms with Crippen LogP contribution in [0.15, 0.2) is 18.3 Å². The molecular formula is C9H11N3O3. The van der Waals surface area contributed by atoms with Crippen molar-refractivity contribution in [2.24, 2.45) is 5.92 Å². The van der Waals surface area contributed by atoms with Crippen LogP contribution in [0.4, 0.5) is 5.69 Å². The third-order valence-corrected chi connectivity index (χ3v) is 2.26. The molecule has 1 N–H and O–H groups in total. The van der Waals surface area contributed by atoms with Gasteiger partial charge in [0, 0.05) is 31.1 Å². The van der Waals surface area contributed by atoms with Gasteiger partial charge in [-0.3, -0.25) is 10.1 Å². The summed E-state index contributed by atoms with van der Waals surface area (Å²) in [6.45, 7) is 2.54. The second kappa shape index (κ2) is 4.22. The molecule has 0 aromatic carbocycles. The molecule has 80 valence electrons. The minimum absolute atomic E-state index is 0.0207. The van der Waals surface area contributed by atoms with Gasteiger partial charge in [-0.15, -0.1) is 0 Å². The lowest BCUT2D eigenvalue weighted by Gasteiger charge is -2.26. The van der Waals surface area contributed by atoms with E-state index < -0.39 is 4.92 Å². The van der Waals surface area contributed by atoms with E-state index in [0.717, 1.165) is 13.1 Å². The maximum absolute atomic E-state index is 10.4. The molecule has 0 radical (unpaired) electrons. The third-order valence-electron chi connectivity index (χ3n) is 2.26. The highest BCUT2D eigenvalue weighted by molar-refractivity contribution is 5.28. The van der Waals surface area contributed by atoms with E-state index >= 15 is 0 Å². The van der Waals surface area contributed by atoms with Gasteiger partial charge in [-0.2, -0.15) is 0 Å². The number of aromatic nitrogens is 1. The maximum Gasteiger partial charge on any atom is 0.287 e. The van der Waals surface area contributed by atoms with Crippen LogP contribution in [-0.2, 0) is 0 Å². The summed E-state index contributed by atoms with van der Waals surface area (Å²) in [7, 11) is 0. The number of pyridine rings is 1. The maximum atomic E-state index is 10.4. The van der Waals surface area contributed by atoms with Crippen molar-refractivity contribution in [3.8, 4) is 5.88 Å². The van der Waals surface area contributed by atoms with Crippen LogP contribution in [0.1, 0.15) is 0 Å². The highest BCUT2D eigenvalue weighted by atomic mass is 16.6. The molecular weight excluding hydrogens is 198 g/mol. The topological polar surface area (TPSA) is 77.3 Å². The van der Waals surface area contributed by atoms with Crippen LogP contribution < -0.4 is 10.1 Å². The van der Waals surface area contributed by atoms with Crippen LogP contribution in [0.25, 0.3) is 0 Å². The summed E-state index contributed by atoms with van der Waals surface area (Å²) in [6, 6.07) is 2.91. The van der Waals surface area contributed by atoms with Crippen molar-refractivity contribution in [1.29, 1.82) is 0 Å². The quantitative estimate of drug-likeness (QED) is 0.580. The van der Waals surface area contributed by atoms with E-state index in [1.54, 1.807) is 0 Å². The molecule has 15 heavy (non-hydrogen) atoms. The first kappa shape index (κ1) is 9.85. The SMILES string of the molecule is O=[N+]([O-])c1ccc(OCC2CNC2)nc1. The molecule has 6 nitrogen and oxygen atoms in total. The number of nitro groups is 1. The van der Waals surface area contributed by atoms with Gasteiger partial charge in [0.05, 0.1) is 11.5 Å². The first-order chi connectivity index (χ1) is 7.25. The summed E-state index contributed by atoms with van der Waals surface area (Å²) in [5, 5.41) is 13.5. The van der Waals surface area contributed by atoms with Crippen LogP contribution in [0.3, 0.4) is 0 Å². The van der Waals surface area contributed by atoms with Crippen LogP contribution >= 0.6 is 0 Å². The standard InChI is InChI=1S/C9H11N3O3/c13-12(14)8-1-2-9(11-5-8)15-6-7-3-10-4-7/h1-2,5,7,10H,3-4,6H2. The van der Waals surface area contributed by atoms with Gasteiger partial charge in [-0.1, -0.05) is 0 Å². The molecule has 1 aliphatic heterocycles. The Morgan fingerprint density at radius 1 is 1.60 bits per heavy atom. The van der Waals surface area contributed by atoms with E-state index in [1.807, 2.05) is 0 Å². The van der Waals surface area contributed by atoms with Crippen LogP contribution in [0.5, 0.6) is 5.88 Å². The third kappa shape index (κ3) is 2.41. The average molecular weight is 209 g/mol. The summed E-state index contributed by atoms with van der Waals surface area (Å²) in [6.07, 6.45) is 1.20. The molecule has 0 bridgehead atoms. The van der Waals surface area contributed by atoms with E-state index in [4.69, 9.17) is 4.74 Å². The summed E-state index contributed by atoms with van der Waals surface area (Å²) < 4.78 is 5.37. The largest absolute Gasteiger partial charge is 0.477 e. The number of rotatable bonds is 4. The normalized spacial score (nSPS) is 15.7. The van der Waals surface area contributed by atoms with Gasteiger partial charge >= 0.3 is 0 Å². The molecule has 0 aliphatic carbocycles. The van der Waals surface area contributed by atoms with Gasteiger partial charge in [-0.05, 0) is 0 Å². The molecule has 2 rings (SSSR count). The van der Waals surface area contributed by atoms with Crippen molar-refractivity contribution in [3.63, 3.8) is 0 Å². The minimum atomic E-state index is -0.480. The van der Waals surface area contributed by atoms with Crippen LogP contribution in [0, 0.1) is 16.0 Å². The molecule has 1 aliphatic rings. The second-order valence-corrected chi connectivity index (χ2v) is 3.45. The Kier molecular flexibility index (Phi) is 2.77. The zero-order chi connectivity index (χ0) is 10.7. The van der Waals surface area contributed by atoms with Crippen molar-refractivity contribution in [2.75, 3.05) is 19.7 Å². The molecule has 2 heterocycles. The van der Waals surface area contributed by atoms with Crippen molar-refractivity contribution in [3.05, 3.63) is 28.4 Å². The molecule has 0 saturated carbocycles. The Morgan fingerprint density at radius 2 is 2.40 bits per heavy atom. The number of nitrogens with one attached hydrogen (secondary N) is 1. The molecule has 1 aromatic heterocycles. The lowest BCUT2D eigenvalue weighted by atomic mass is 10.1. The zero-order valence-electron chi connectivity index (χ0n) is 8.05. The van der Waals surface area contributed by atoms with Gasteiger partial charge < -0.3 is 10.1 Å². The summed E-state index contributed by atoms with van der Waals surface area (Å²) in [5.41, 5.74) is -0.0207. The van der Waals surface area contributed by atoms with E-state index in [0.29, 0.717) is 18.4 Å². The van der Waals surface area contributed by atoms with Crippen molar-refractivity contribution >= 4 is 5.69 Å². The molecule has 1 saturated heterocycles. The van der Waals surface area contributed by atoms with E-state index in [-0.39, 0.29) is 5.69 Å². The Bertz CT molecular complexity index is 348. The molecule has 6 heteroatoms. The Balaban J connectivity index is 1.88. The molecule has 1 fully saturated rings. The Morgan fingerprint density at radius 3 is 2.87 bits per heavy atom. The molecule has 0 atom stereocenters. The van der Waals surface area contributed by atoms with Gasteiger partial charge in [-0.25, -0.2) is 4.98 Å². The number of hydrogen-bond acceptors (Lipinski definition) is 5. The van der Waals surface area contributed by atoms with Gasteiger partial charge in [0.2, 0.25) is 5.88 Å². The first-order valence-electron chi connectivity index (χ1n) is 4.69. The van der Waals surface area contributed by atoms with Crippen molar-refractivity contribution < 1.29 is 9.66 Å². The zero-order valence-corrected chi connectivity index (χ0v) is 8.05. The molecule has 1 aromatic rings. The highest BCUT2D eigenvalue weighted by Gasteiger charge is 2.17. The number of ether oxygens (including phenoxy) is 1. The monoisotopic (exact) mass is 209 g/mol. The predicted octanol–water partition coefficient (Wildman–Crippen LogP) is 0.588. The first-order valence-corrected chi connectivity index (χ1v) is 4.69. The van der Waals surface area contributed by atoms with Crippen LogP contribution in [0.2, 0.25) is 0 Å². The van der Waals surface area contributed by atoms with Gasteiger partial charge in [0.15, 0.2) is 0 Å². The van der Waals surface area contributed by atoms with Gasteiger partial charge in [0.25, 0.3) is 5.69 Å². The lowest BCUT2D eigenvalue weighted by Crippen LogP contribution is -2.45. The number of nitrogens with zero attached hydrogens (tertiary/aromatic N) is 2. The number of hydrogen-bond donors (Lipinski definition) is 1. The Labute approximate surface area is 86.4 Å². The van der Waals surface area contributed by atoms with Crippen LogP contribution in [-0.4, -0.2) is 29.6 Å². The predicted molar refractivity (Wildman–Crippen MR) is 52.7 cm³/mol. The van der Waals surface area contributed by atoms with E-state index in [2.05, 4.69) is 10.3 Å². The molecule has 0 spiro atoms.